The number of methoxy groups -OCH3 is 3. The van der Waals surface area contributed by atoms with Crippen LogP contribution in [0.3, 0.4) is 0 Å². The third kappa shape index (κ3) is 2.61. The molecule has 5 rings (SSSR count). The lowest BCUT2D eigenvalue weighted by molar-refractivity contribution is -0.141. The van der Waals surface area contributed by atoms with Gasteiger partial charge in [-0.1, -0.05) is 6.08 Å². The van der Waals surface area contributed by atoms with Crippen molar-refractivity contribution >= 4 is 12.0 Å². The molecule has 1 aliphatic carbocycles. The molecule has 2 atom stereocenters. The summed E-state index contributed by atoms with van der Waals surface area (Å²) in [7, 11) is 4.71. The Labute approximate surface area is 167 Å². The molecule has 150 valence electrons. The molecule has 0 spiro atoms. The van der Waals surface area contributed by atoms with Crippen molar-refractivity contribution in [3.05, 3.63) is 46.5 Å². The minimum Gasteiger partial charge on any atom is -0.493 e. The Hall–Kier alpha value is -3.35. The van der Waals surface area contributed by atoms with Gasteiger partial charge in [-0.3, -0.25) is 4.79 Å². The van der Waals surface area contributed by atoms with Gasteiger partial charge in [-0.05, 0) is 46.5 Å². The highest BCUT2D eigenvalue weighted by atomic mass is 16.7. The van der Waals surface area contributed by atoms with Crippen LogP contribution in [0.4, 0.5) is 0 Å². The molecule has 29 heavy (non-hydrogen) atoms. The lowest BCUT2D eigenvalue weighted by atomic mass is 9.72. The van der Waals surface area contributed by atoms with Crippen LogP contribution in [0.2, 0.25) is 0 Å². The molecule has 2 aliphatic heterocycles. The Morgan fingerprint density at radius 3 is 2.21 bits per heavy atom. The predicted molar refractivity (Wildman–Crippen MR) is 103 cm³/mol. The average Bonchev–Trinajstić information content (AvgIpc) is 3.35. The van der Waals surface area contributed by atoms with E-state index in [0.29, 0.717) is 28.7 Å². The fraction of sp³-hybridized carbons (Fsp3) is 0.318. The van der Waals surface area contributed by atoms with Gasteiger partial charge >= 0.3 is 5.97 Å². The highest BCUT2D eigenvalue weighted by Gasteiger charge is 2.44. The summed E-state index contributed by atoms with van der Waals surface area (Å²) in [6, 6.07) is 7.67. The van der Waals surface area contributed by atoms with Gasteiger partial charge in [0.15, 0.2) is 23.0 Å². The van der Waals surface area contributed by atoms with E-state index in [2.05, 4.69) is 0 Å². The van der Waals surface area contributed by atoms with Crippen LogP contribution in [0.1, 0.15) is 22.6 Å². The average molecular weight is 396 g/mol. The summed E-state index contributed by atoms with van der Waals surface area (Å²) in [5.41, 5.74) is 3.77. The fourth-order valence-electron chi connectivity index (χ4n) is 4.37. The number of carbonyl (C=O) groups is 1. The van der Waals surface area contributed by atoms with Crippen molar-refractivity contribution in [2.75, 3.05) is 34.7 Å². The molecule has 0 unspecified atom stereocenters. The smallest absolute Gasteiger partial charge is 0.314 e. The van der Waals surface area contributed by atoms with E-state index in [1.807, 2.05) is 30.3 Å². The number of carbonyl (C=O) groups excluding carboxylic acids is 1. The molecule has 2 aromatic rings. The molecular formula is C22H20O7. The molecule has 1 saturated heterocycles. The first kappa shape index (κ1) is 17.7. The van der Waals surface area contributed by atoms with Gasteiger partial charge in [0.1, 0.15) is 6.61 Å². The Morgan fingerprint density at radius 1 is 0.862 bits per heavy atom. The molecule has 0 amide bonds. The largest absolute Gasteiger partial charge is 0.493 e. The van der Waals surface area contributed by atoms with Gasteiger partial charge in [0.25, 0.3) is 0 Å². The number of hydrogen-bond donors (Lipinski definition) is 0. The van der Waals surface area contributed by atoms with E-state index < -0.39 is 5.92 Å². The van der Waals surface area contributed by atoms with E-state index in [1.54, 1.807) is 21.3 Å². The topological polar surface area (TPSA) is 72.5 Å². The molecule has 7 heteroatoms. The van der Waals surface area contributed by atoms with Gasteiger partial charge < -0.3 is 28.4 Å². The first-order valence-electron chi connectivity index (χ1n) is 9.25. The molecule has 0 saturated carbocycles. The quantitative estimate of drug-likeness (QED) is 0.735. The highest BCUT2D eigenvalue weighted by molar-refractivity contribution is 5.86. The summed E-state index contributed by atoms with van der Waals surface area (Å²) in [6.07, 6.45) is 2.02. The van der Waals surface area contributed by atoms with Crippen LogP contribution in [-0.2, 0) is 9.53 Å². The van der Waals surface area contributed by atoms with Crippen LogP contribution in [0, 0.1) is 5.92 Å². The summed E-state index contributed by atoms with van der Waals surface area (Å²) in [6.45, 7) is 0.480. The van der Waals surface area contributed by atoms with Gasteiger partial charge in [-0.15, -0.1) is 0 Å². The standard InChI is InChI=1S/C22H20O7/c1-24-17-6-12(7-18(25-2)21(17)26-3)19-14-8-16-15(28-10-29-16)5-11(14)4-13-9-27-22(23)20(13)19/h4-8,19-20H,9-10H2,1-3H3/t19-,20+/m1/s1. The third-order valence-corrected chi connectivity index (χ3v) is 5.67. The van der Waals surface area contributed by atoms with E-state index in [0.717, 1.165) is 22.3 Å². The lowest BCUT2D eigenvalue weighted by Gasteiger charge is -2.29. The minimum absolute atomic E-state index is 0.190. The summed E-state index contributed by atoms with van der Waals surface area (Å²) < 4.78 is 33.0. The molecule has 0 radical (unpaired) electrons. The van der Waals surface area contributed by atoms with Gasteiger partial charge in [0.2, 0.25) is 12.5 Å². The number of hydrogen-bond acceptors (Lipinski definition) is 7. The second-order valence-corrected chi connectivity index (χ2v) is 7.08. The molecule has 2 heterocycles. The molecule has 0 N–H and O–H groups in total. The van der Waals surface area contributed by atoms with Crippen LogP contribution < -0.4 is 23.7 Å². The molecule has 0 bridgehead atoms. The van der Waals surface area contributed by atoms with Crippen LogP contribution in [0.25, 0.3) is 6.08 Å². The summed E-state index contributed by atoms with van der Waals surface area (Å²) >= 11 is 0. The monoisotopic (exact) mass is 396 g/mol. The SMILES string of the molecule is COc1cc([C@@H]2c3cc4c(cc3C=C3COC(=O)[C@@H]32)OCO4)cc(OC)c1OC. The molecule has 7 nitrogen and oxygen atoms in total. The second-order valence-electron chi connectivity index (χ2n) is 7.08. The second kappa shape index (κ2) is 6.62. The first-order valence-corrected chi connectivity index (χ1v) is 9.25. The van der Waals surface area contributed by atoms with Crippen LogP contribution in [0.15, 0.2) is 29.8 Å². The minimum atomic E-state index is -0.411. The number of cyclic esters (lactones) is 1. The van der Waals surface area contributed by atoms with Crippen molar-refractivity contribution in [2.24, 2.45) is 5.92 Å². The molecule has 2 aromatic carbocycles. The Morgan fingerprint density at radius 2 is 1.55 bits per heavy atom. The van der Waals surface area contributed by atoms with Gasteiger partial charge in [0, 0.05) is 5.92 Å². The van der Waals surface area contributed by atoms with Crippen LogP contribution >= 0.6 is 0 Å². The molecular weight excluding hydrogens is 376 g/mol. The summed E-state index contributed by atoms with van der Waals surface area (Å²) in [5.74, 6) is 2.02. The molecule has 1 fully saturated rings. The fourth-order valence-corrected chi connectivity index (χ4v) is 4.37. The van der Waals surface area contributed by atoms with Crippen molar-refractivity contribution in [1.29, 1.82) is 0 Å². The Kier molecular flexibility index (Phi) is 4.04. The molecule has 0 aromatic heterocycles. The third-order valence-electron chi connectivity index (χ3n) is 5.67. The number of esters is 1. The zero-order valence-corrected chi connectivity index (χ0v) is 16.3. The highest BCUT2D eigenvalue weighted by Crippen LogP contribution is 2.51. The predicted octanol–water partition coefficient (Wildman–Crippen LogP) is 3.14. The first-order chi connectivity index (χ1) is 14.1. The zero-order valence-electron chi connectivity index (χ0n) is 16.3. The maximum atomic E-state index is 12.7. The molecule has 3 aliphatic rings. The number of fused-ring (bicyclic) bond motifs is 3. The van der Waals surface area contributed by atoms with Crippen molar-refractivity contribution in [3.63, 3.8) is 0 Å². The van der Waals surface area contributed by atoms with E-state index in [9.17, 15) is 4.79 Å². The van der Waals surface area contributed by atoms with Crippen molar-refractivity contribution in [2.45, 2.75) is 5.92 Å². The maximum absolute atomic E-state index is 12.7. The van der Waals surface area contributed by atoms with E-state index in [-0.39, 0.29) is 25.3 Å². The Balaban J connectivity index is 1.73. The Bertz CT molecular complexity index is 1010. The lowest BCUT2D eigenvalue weighted by Crippen LogP contribution is -2.24. The van der Waals surface area contributed by atoms with E-state index in [4.69, 9.17) is 28.4 Å². The maximum Gasteiger partial charge on any atom is 0.314 e. The summed E-state index contributed by atoms with van der Waals surface area (Å²) in [5, 5.41) is 0. The van der Waals surface area contributed by atoms with Gasteiger partial charge in [-0.2, -0.15) is 0 Å². The summed E-state index contributed by atoms with van der Waals surface area (Å²) in [4.78, 5) is 12.7. The van der Waals surface area contributed by atoms with Crippen molar-refractivity contribution < 1.29 is 33.2 Å². The number of ether oxygens (including phenoxy) is 6. The van der Waals surface area contributed by atoms with E-state index in [1.165, 1.54) is 0 Å². The number of benzene rings is 2. The van der Waals surface area contributed by atoms with Crippen molar-refractivity contribution in [1.82, 2.24) is 0 Å². The zero-order chi connectivity index (χ0) is 20.1. The van der Waals surface area contributed by atoms with Gasteiger partial charge in [0.05, 0.1) is 27.2 Å². The number of rotatable bonds is 4. The van der Waals surface area contributed by atoms with Crippen molar-refractivity contribution in [3.8, 4) is 28.7 Å². The van der Waals surface area contributed by atoms with Gasteiger partial charge in [-0.25, -0.2) is 0 Å². The van der Waals surface area contributed by atoms with Crippen LogP contribution in [-0.4, -0.2) is 40.7 Å². The van der Waals surface area contributed by atoms with E-state index >= 15 is 0 Å². The van der Waals surface area contributed by atoms with Crippen LogP contribution in [0.5, 0.6) is 28.7 Å². The normalized spacial score (nSPS) is 21.1.